The van der Waals surface area contributed by atoms with Crippen LogP contribution in [0.2, 0.25) is 0 Å². The van der Waals surface area contributed by atoms with Crippen LogP contribution in [0.3, 0.4) is 0 Å². The van der Waals surface area contributed by atoms with E-state index in [9.17, 15) is 8.42 Å². The lowest BCUT2D eigenvalue weighted by molar-refractivity contribution is 0.117. The molecule has 0 unspecified atom stereocenters. The number of hydrogen-bond acceptors (Lipinski definition) is 4. The molecule has 22 heavy (non-hydrogen) atoms. The summed E-state index contributed by atoms with van der Waals surface area (Å²) in [5.41, 5.74) is 0. The molecule has 0 aromatic heterocycles. The first-order valence-electron chi connectivity index (χ1n) is 8.08. The standard InChI is InChI=1S/C14H27N3O3S.ClH/c1-20-11-12-4-6-16(7-5-12)21(18,19)17-10-13-2-3-14(17)9-15-8-13;/h12-15H,2-11H2,1H3;1H/t13-,14+;/m1./s1. The zero-order valence-electron chi connectivity index (χ0n) is 13.2. The van der Waals surface area contributed by atoms with E-state index >= 15 is 0 Å². The largest absolute Gasteiger partial charge is 0.384 e. The minimum Gasteiger partial charge on any atom is -0.384 e. The first-order chi connectivity index (χ1) is 10.1. The lowest BCUT2D eigenvalue weighted by Gasteiger charge is -2.40. The molecule has 0 saturated carbocycles. The molecule has 4 rings (SSSR count). The lowest BCUT2D eigenvalue weighted by atomic mass is 9.97. The Morgan fingerprint density at radius 1 is 1.14 bits per heavy atom. The summed E-state index contributed by atoms with van der Waals surface area (Å²) in [5, 5.41) is 3.40. The summed E-state index contributed by atoms with van der Waals surface area (Å²) in [6, 6.07) is 0.144. The van der Waals surface area contributed by atoms with Gasteiger partial charge in [-0.3, -0.25) is 0 Å². The predicted molar refractivity (Wildman–Crippen MR) is 88.4 cm³/mol. The summed E-state index contributed by atoms with van der Waals surface area (Å²) < 4.78 is 34.5. The molecule has 0 aromatic rings. The second kappa shape index (κ2) is 7.77. The molecule has 4 aliphatic rings. The second-order valence-electron chi connectivity index (χ2n) is 6.63. The molecule has 4 fully saturated rings. The summed E-state index contributed by atoms with van der Waals surface area (Å²) in [6.07, 6.45) is 3.97. The Labute approximate surface area is 140 Å². The number of piperidine rings is 2. The average Bonchev–Trinajstić information content (AvgIpc) is 2.84. The number of nitrogens with zero attached hydrogens (tertiary/aromatic N) is 2. The summed E-state index contributed by atoms with van der Waals surface area (Å²) in [6.45, 7) is 4.47. The van der Waals surface area contributed by atoms with Crippen molar-refractivity contribution in [3.8, 4) is 0 Å². The number of rotatable bonds is 4. The van der Waals surface area contributed by atoms with E-state index in [0.717, 1.165) is 45.4 Å². The Morgan fingerprint density at radius 2 is 1.86 bits per heavy atom. The normalized spacial score (nSPS) is 31.7. The van der Waals surface area contributed by atoms with E-state index in [1.54, 1.807) is 15.7 Å². The van der Waals surface area contributed by atoms with E-state index in [-0.39, 0.29) is 18.4 Å². The van der Waals surface area contributed by atoms with Crippen molar-refractivity contribution in [1.82, 2.24) is 13.9 Å². The molecule has 0 aliphatic carbocycles. The lowest BCUT2D eigenvalue weighted by Crippen LogP contribution is -2.54. The summed E-state index contributed by atoms with van der Waals surface area (Å²) >= 11 is 0. The Morgan fingerprint density at radius 3 is 2.55 bits per heavy atom. The maximum atomic E-state index is 12.9. The number of fused-ring (bicyclic) bond motifs is 4. The predicted octanol–water partition coefficient (Wildman–Crippen LogP) is 0.695. The molecule has 0 radical (unpaired) electrons. The summed E-state index contributed by atoms with van der Waals surface area (Å²) in [5.74, 6) is 0.980. The van der Waals surface area contributed by atoms with Crippen molar-refractivity contribution in [3.63, 3.8) is 0 Å². The number of ether oxygens (including phenoxy) is 1. The number of halogens is 1. The van der Waals surface area contributed by atoms with Crippen LogP contribution >= 0.6 is 12.4 Å². The van der Waals surface area contributed by atoms with Crippen LogP contribution in [-0.4, -0.2) is 69.5 Å². The zero-order chi connectivity index (χ0) is 14.9. The fourth-order valence-corrected chi connectivity index (χ4v) is 5.79. The highest BCUT2D eigenvalue weighted by Gasteiger charge is 2.41. The van der Waals surface area contributed by atoms with Crippen LogP contribution in [0.5, 0.6) is 0 Å². The molecule has 130 valence electrons. The van der Waals surface area contributed by atoms with Gasteiger partial charge in [-0.15, -0.1) is 12.4 Å². The third-order valence-electron chi connectivity index (χ3n) is 5.17. The van der Waals surface area contributed by atoms with Gasteiger partial charge in [0.1, 0.15) is 0 Å². The van der Waals surface area contributed by atoms with Crippen molar-refractivity contribution in [2.24, 2.45) is 11.8 Å². The van der Waals surface area contributed by atoms with Crippen LogP contribution < -0.4 is 5.32 Å². The van der Waals surface area contributed by atoms with Gasteiger partial charge in [0, 0.05) is 45.9 Å². The van der Waals surface area contributed by atoms with E-state index in [4.69, 9.17) is 4.74 Å². The zero-order valence-corrected chi connectivity index (χ0v) is 14.9. The van der Waals surface area contributed by atoms with Gasteiger partial charge >= 0.3 is 0 Å². The monoisotopic (exact) mass is 353 g/mol. The summed E-state index contributed by atoms with van der Waals surface area (Å²) in [4.78, 5) is 0. The molecule has 0 amide bonds. The molecular weight excluding hydrogens is 326 g/mol. The number of hydrogen-bond donors (Lipinski definition) is 1. The van der Waals surface area contributed by atoms with E-state index in [2.05, 4.69) is 5.32 Å². The van der Waals surface area contributed by atoms with E-state index in [1.807, 2.05) is 0 Å². The van der Waals surface area contributed by atoms with E-state index < -0.39 is 10.2 Å². The molecule has 1 N–H and O–H groups in total. The molecule has 4 aliphatic heterocycles. The van der Waals surface area contributed by atoms with Gasteiger partial charge in [-0.05, 0) is 44.1 Å². The molecule has 4 saturated heterocycles. The van der Waals surface area contributed by atoms with Crippen LogP contribution in [0.25, 0.3) is 0 Å². The quantitative estimate of drug-likeness (QED) is 0.808. The van der Waals surface area contributed by atoms with Crippen LogP contribution in [-0.2, 0) is 14.9 Å². The second-order valence-corrected chi connectivity index (χ2v) is 8.51. The van der Waals surface area contributed by atoms with Gasteiger partial charge in [0.05, 0.1) is 0 Å². The van der Waals surface area contributed by atoms with Gasteiger partial charge in [0.2, 0.25) is 0 Å². The van der Waals surface area contributed by atoms with Crippen molar-refractivity contribution in [3.05, 3.63) is 0 Å². The van der Waals surface area contributed by atoms with Gasteiger partial charge in [0.15, 0.2) is 0 Å². The van der Waals surface area contributed by atoms with E-state index in [0.29, 0.717) is 31.5 Å². The van der Waals surface area contributed by atoms with Crippen LogP contribution in [0.1, 0.15) is 25.7 Å². The molecule has 6 nitrogen and oxygen atoms in total. The molecular formula is C14H28ClN3O3S. The Bertz CT molecular complexity index is 450. The highest BCUT2D eigenvalue weighted by Crippen LogP contribution is 2.30. The van der Waals surface area contributed by atoms with Crippen molar-refractivity contribution >= 4 is 22.6 Å². The van der Waals surface area contributed by atoms with Gasteiger partial charge in [-0.25, -0.2) is 0 Å². The van der Waals surface area contributed by atoms with Crippen LogP contribution in [0, 0.1) is 11.8 Å². The first kappa shape index (κ1) is 18.4. The average molecular weight is 354 g/mol. The van der Waals surface area contributed by atoms with Crippen molar-refractivity contribution in [1.29, 1.82) is 0 Å². The number of methoxy groups -OCH3 is 1. The Kier molecular flexibility index (Phi) is 6.50. The maximum absolute atomic E-state index is 12.9. The van der Waals surface area contributed by atoms with Crippen LogP contribution in [0.4, 0.5) is 0 Å². The fraction of sp³-hybridized carbons (Fsp3) is 1.00. The van der Waals surface area contributed by atoms with Crippen LogP contribution in [0.15, 0.2) is 0 Å². The molecule has 8 heteroatoms. The maximum Gasteiger partial charge on any atom is 0.282 e. The smallest absolute Gasteiger partial charge is 0.282 e. The third kappa shape index (κ3) is 3.76. The highest BCUT2D eigenvalue weighted by atomic mass is 35.5. The fourth-order valence-electron chi connectivity index (χ4n) is 3.86. The summed E-state index contributed by atoms with van der Waals surface area (Å²) in [7, 11) is -1.58. The van der Waals surface area contributed by atoms with Crippen molar-refractivity contribution in [2.45, 2.75) is 31.7 Å². The topological polar surface area (TPSA) is 61.9 Å². The van der Waals surface area contributed by atoms with Gasteiger partial charge in [0.25, 0.3) is 10.2 Å². The van der Waals surface area contributed by atoms with Crippen molar-refractivity contribution < 1.29 is 13.2 Å². The molecule has 2 bridgehead atoms. The minimum absolute atomic E-state index is 0. The van der Waals surface area contributed by atoms with E-state index in [1.165, 1.54) is 0 Å². The van der Waals surface area contributed by atoms with Gasteiger partial charge < -0.3 is 10.1 Å². The Balaban J connectivity index is 0.00000176. The molecule has 0 aromatic carbocycles. The highest BCUT2D eigenvalue weighted by molar-refractivity contribution is 7.86. The first-order valence-corrected chi connectivity index (χ1v) is 9.47. The molecule has 4 heterocycles. The Hall–Kier alpha value is 0.0800. The number of nitrogens with one attached hydrogen (secondary N) is 1. The molecule has 2 atom stereocenters. The molecule has 0 spiro atoms. The minimum atomic E-state index is -3.29. The SMILES string of the molecule is COCC1CCN(S(=O)(=O)N2C[C@@H]3CC[C@H]2CNC3)CC1.Cl. The third-order valence-corrected chi connectivity index (χ3v) is 7.22. The van der Waals surface area contributed by atoms with Crippen molar-refractivity contribution in [2.75, 3.05) is 46.4 Å². The van der Waals surface area contributed by atoms with Gasteiger partial charge in [-0.2, -0.15) is 17.0 Å². The van der Waals surface area contributed by atoms with Gasteiger partial charge in [-0.1, -0.05) is 0 Å².